The van der Waals surface area contributed by atoms with E-state index in [4.69, 9.17) is 54.2 Å². The summed E-state index contributed by atoms with van der Waals surface area (Å²) >= 11 is 6.73. The van der Waals surface area contributed by atoms with Gasteiger partial charge in [-0.05, 0) is 163 Å². The standard InChI is InChI=1S/C37H43ClF3N5O7.C37H44F3N5O7.C28H34F3N5O5/c1-36(35(49)53-20-22-10-11-23(50-3)18-30(22)51-4)15-6-5-8-25(36)34(48)46-17-14-24-26(38)12-13-29(32(24)28(46)19-45-16-7-9-31(45)47)52-21-27-33(37(39,40)41)44(2)43-42-27;1-36(35(48)52-21-24-13-14-25(49-3)19-30(24)50-4)16-6-5-10-26(36)34(47)45-18-15-23-9-7-11-29(32(23)28(45)20-44-17-8-12-31(44)46)51-22-27-33(37(38,39)40)43(2)42-41-27;1-27(26(39)40)12-4-3-8-18(27)25(38)36-14-11-17-7-5-9-21(23(17)20(36)15-35-13-6-10-22(35)37)41-16-19-24(28(29,30)31)34(2)33-32-19/h10-13,18,25,28H,5-9,14-17,19-21H2,1-4H3;7,9,11,13-14,19,26,28H,5-6,8,10,12,15-18,20-22H2,1-4H3;5,7,9,18,20H,3-4,6,8,10-16H2,1-2H3,(H,39,40)/t25-,28+,36-;26-,28+,36-;18-,20+,27-/m000/s1. The van der Waals surface area contributed by atoms with E-state index in [0.717, 1.165) is 63.7 Å². The Bertz CT molecular complexity index is 6170. The molecule has 3 aliphatic carbocycles. The van der Waals surface area contributed by atoms with Crippen LogP contribution in [0.25, 0.3) is 0 Å². The first-order valence-electron chi connectivity index (χ1n) is 49.1. The Kier molecular flexibility index (Phi) is 32.9. The number of amides is 6. The van der Waals surface area contributed by atoms with Crippen molar-refractivity contribution in [3.8, 4) is 40.2 Å². The molecule has 0 bridgehead atoms. The zero-order chi connectivity index (χ0) is 105. The van der Waals surface area contributed by atoms with Crippen LogP contribution >= 0.6 is 11.6 Å². The number of rotatable bonds is 29. The van der Waals surface area contributed by atoms with Crippen LogP contribution in [0, 0.1) is 34.0 Å². The van der Waals surface area contributed by atoms with Crippen LogP contribution in [0.15, 0.2) is 84.9 Å². The molecule has 9 heterocycles. The van der Waals surface area contributed by atoms with Gasteiger partial charge < -0.3 is 77.1 Å². The van der Waals surface area contributed by atoms with Gasteiger partial charge in [0.2, 0.25) is 35.4 Å². The fourth-order valence-electron chi connectivity index (χ4n) is 22.4. The highest BCUT2D eigenvalue weighted by Crippen LogP contribution is 2.53. The van der Waals surface area contributed by atoms with Crippen molar-refractivity contribution in [2.45, 2.75) is 225 Å². The quantitative estimate of drug-likeness (QED) is 0.0336. The Morgan fingerprint density at radius 2 is 0.747 bits per heavy atom. The number of alkyl halides is 9. The number of hydrogen-bond acceptors (Lipinski definition) is 24. The lowest BCUT2D eigenvalue weighted by atomic mass is 9.66. The Labute approximate surface area is 842 Å². The predicted octanol–water partition coefficient (Wildman–Crippen LogP) is 15.2. The van der Waals surface area contributed by atoms with Crippen molar-refractivity contribution in [3.05, 3.63) is 169 Å². The van der Waals surface area contributed by atoms with Crippen molar-refractivity contribution in [1.29, 1.82) is 0 Å². The highest BCUT2D eigenvalue weighted by atomic mass is 35.5. The molecule has 44 heteroatoms. The molecule has 6 fully saturated rings. The van der Waals surface area contributed by atoms with Crippen LogP contribution in [-0.4, -0.2) is 220 Å². The van der Waals surface area contributed by atoms with Crippen molar-refractivity contribution in [2.24, 2.45) is 55.1 Å². The molecule has 788 valence electrons. The minimum Gasteiger partial charge on any atom is -0.497 e. The Balaban J connectivity index is 0.000000166. The zero-order valence-corrected chi connectivity index (χ0v) is 83.8. The average Bonchev–Trinajstić information content (AvgIpc) is 1.18. The first-order valence-corrected chi connectivity index (χ1v) is 49.5. The summed E-state index contributed by atoms with van der Waals surface area (Å²) in [7, 11) is 9.60. The van der Waals surface area contributed by atoms with Crippen LogP contribution in [0.5, 0.6) is 40.2 Å². The minimum absolute atomic E-state index is 0.0349. The van der Waals surface area contributed by atoms with Crippen molar-refractivity contribution in [3.63, 3.8) is 0 Å². The van der Waals surface area contributed by atoms with Crippen LogP contribution in [0.4, 0.5) is 39.5 Å². The van der Waals surface area contributed by atoms with Crippen LogP contribution in [0.3, 0.4) is 0 Å². The molecule has 9 aliphatic rings. The van der Waals surface area contributed by atoms with Gasteiger partial charge in [-0.3, -0.25) is 43.2 Å². The lowest BCUT2D eigenvalue weighted by molar-refractivity contribution is -0.169. The number of carbonyl (C=O) groups excluding carboxylic acids is 8. The van der Waals surface area contributed by atoms with Gasteiger partial charge in [-0.15, -0.1) is 15.3 Å². The number of fused-ring (bicyclic) bond motifs is 3. The molecule has 146 heavy (non-hydrogen) atoms. The SMILES string of the molecule is COc1ccc(COC(=O)[C@@]2(C)CCCC[C@H]2C(=O)N2CCc3c(Cl)ccc(OCc4nnn(C)c4C(F)(F)F)c3[C@H]2CN2CCCC2=O)c(OC)c1.COc1ccc(COC(=O)[C@@]2(C)CCCC[C@H]2C(=O)N2CCc3cccc(OCc4nnn(C)c4C(F)(F)F)c3[C@H]2CN2CCCC2=O)c(OC)c1.Cn1nnc(COc2cccc3c2[C@@H](CN2CCCC2=O)N(C(=O)[C@@H]2CCCC[C@]2(C)C(=O)O)CC3)c1C(F)(F)F. The molecule has 0 spiro atoms. The van der Waals surface area contributed by atoms with E-state index >= 15 is 0 Å². The molecule has 3 saturated heterocycles. The topological polar surface area (TPSA) is 368 Å². The van der Waals surface area contributed by atoms with Crippen LogP contribution in [-0.2, 0) is 145 Å². The summed E-state index contributed by atoms with van der Waals surface area (Å²) in [5, 5.41) is 32.1. The molecule has 17 rings (SSSR count). The molecule has 0 radical (unpaired) electrons. The summed E-state index contributed by atoms with van der Waals surface area (Å²) in [6, 6.07) is 22.1. The molecule has 6 amide bonds. The number of likely N-dealkylation sites (tertiary alicyclic amines) is 3. The molecule has 34 nitrogen and oxygen atoms in total. The molecule has 3 saturated carbocycles. The number of esters is 2. The number of carboxylic acid groups (broad SMARTS) is 1. The van der Waals surface area contributed by atoms with E-state index in [0.29, 0.717) is 216 Å². The smallest absolute Gasteiger partial charge is 0.435 e. The number of aromatic nitrogens is 9. The van der Waals surface area contributed by atoms with Crippen molar-refractivity contribution in [1.82, 2.24) is 74.4 Å². The minimum atomic E-state index is -4.72. The first kappa shape index (κ1) is 107. The molecule has 5 aromatic carbocycles. The van der Waals surface area contributed by atoms with Crippen LogP contribution < -0.4 is 33.2 Å². The molecule has 8 aromatic rings. The van der Waals surface area contributed by atoms with Gasteiger partial charge in [-0.2, -0.15) is 39.5 Å². The number of benzene rings is 5. The van der Waals surface area contributed by atoms with Gasteiger partial charge in [0.1, 0.15) is 90.4 Å². The summed E-state index contributed by atoms with van der Waals surface area (Å²) in [5.41, 5.74) is -2.22. The Hall–Kier alpha value is -13.0. The van der Waals surface area contributed by atoms with Crippen molar-refractivity contribution >= 4 is 65.0 Å². The lowest BCUT2D eigenvalue weighted by Gasteiger charge is -2.45. The Morgan fingerprint density at radius 1 is 0.404 bits per heavy atom. The van der Waals surface area contributed by atoms with Gasteiger partial charge >= 0.3 is 36.4 Å². The van der Waals surface area contributed by atoms with Gasteiger partial charge in [0.15, 0.2) is 17.1 Å². The fourth-order valence-corrected chi connectivity index (χ4v) is 22.6. The highest BCUT2D eigenvalue weighted by Gasteiger charge is 2.56. The maximum absolute atomic E-state index is 14.9. The summed E-state index contributed by atoms with van der Waals surface area (Å²) < 4.78 is 177. The molecule has 0 unspecified atom stereocenters. The number of carboxylic acids is 1. The summed E-state index contributed by atoms with van der Waals surface area (Å²) in [6.45, 7) is 6.43. The molecular weight excluding hydrogens is 1950 g/mol. The maximum atomic E-state index is 14.9. The predicted molar refractivity (Wildman–Crippen MR) is 504 cm³/mol. The maximum Gasteiger partial charge on any atom is 0.435 e. The van der Waals surface area contributed by atoms with Gasteiger partial charge in [0.25, 0.3) is 0 Å². The number of hydrogen-bond donors (Lipinski definition) is 1. The first-order chi connectivity index (χ1) is 69.5. The molecule has 1 N–H and O–H groups in total. The number of methoxy groups -OCH3 is 4. The number of halogens is 10. The molecular formula is C102H121ClF9N15O19. The van der Waals surface area contributed by atoms with Crippen molar-refractivity contribution < 1.29 is 130 Å². The molecule has 3 aromatic heterocycles. The van der Waals surface area contributed by atoms with E-state index in [1.54, 1.807) is 137 Å². The molecule has 6 aliphatic heterocycles. The third-order valence-corrected chi connectivity index (χ3v) is 30.7. The highest BCUT2D eigenvalue weighted by molar-refractivity contribution is 6.31. The van der Waals surface area contributed by atoms with Crippen LogP contribution in [0.1, 0.15) is 233 Å². The summed E-state index contributed by atoms with van der Waals surface area (Å²) in [6.07, 6.45) is -2.59. The van der Waals surface area contributed by atoms with Gasteiger partial charge in [-0.25, -0.2) is 14.0 Å². The Morgan fingerprint density at radius 3 is 1.08 bits per heavy atom. The number of nitrogens with zero attached hydrogens (tertiary/aromatic N) is 15. The lowest BCUT2D eigenvalue weighted by Crippen LogP contribution is -2.53. The second kappa shape index (κ2) is 44.8. The number of carbonyl (C=O) groups is 9. The summed E-state index contributed by atoms with van der Waals surface area (Å²) in [4.78, 5) is 133. The monoisotopic (exact) mass is 2070 g/mol. The summed E-state index contributed by atoms with van der Waals surface area (Å²) in [5.74, 6) is -2.09. The number of aliphatic carboxylic acids is 1. The second-order valence-corrected chi connectivity index (χ2v) is 39.6. The van der Waals surface area contributed by atoms with Crippen LogP contribution in [0.2, 0.25) is 5.02 Å². The normalized spacial score (nSPS) is 22.6. The van der Waals surface area contributed by atoms with Gasteiger partial charge in [0.05, 0.1) is 80.6 Å². The van der Waals surface area contributed by atoms with Gasteiger partial charge in [-0.1, -0.05) is 90.0 Å². The van der Waals surface area contributed by atoms with E-state index in [9.17, 15) is 87.8 Å². The molecule has 9 atom stereocenters. The number of ether oxygens (including phenoxy) is 9. The largest absolute Gasteiger partial charge is 0.497 e. The van der Waals surface area contributed by atoms with E-state index < -0.39 is 131 Å². The average molecular weight is 2070 g/mol. The van der Waals surface area contributed by atoms with Crippen molar-refractivity contribution in [2.75, 3.05) is 87.3 Å². The van der Waals surface area contributed by atoms with E-state index in [-0.39, 0.29) is 92.0 Å². The fraction of sp³-hybridized carbons (Fsp3) is 0.559. The van der Waals surface area contributed by atoms with Gasteiger partial charge in [0, 0.05) is 144 Å². The number of aryl methyl sites for hydroxylation is 3. The zero-order valence-electron chi connectivity index (χ0n) is 83.1. The van der Waals surface area contributed by atoms with E-state index in [1.165, 1.54) is 21.3 Å². The van der Waals surface area contributed by atoms with E-state index in [1.807, 2.05) is 12.1 Å². The van der Waals surface area contributed by atoms with E-state index in [2.05, 4.69) is 30.9 Å². The third-order valence-electron chi connectivity index (χ3n) is 30.3. The second-order valence-electron chi connectivity index (χ2n) is 39.2. The third kappa shape index (κ3) is 22.6.